The molecule has 3 heteroatoms. The van der Waals surface area contributed by atoms with Gasteiger partial charge in [-0.1, -0.05) is 17.7 Å². The molecule has 0 saturated carbocycles. The summed E-state index contributed by atoms with van der Waals surface area (Å²) in [6.07, 6.45) is 1.76. The van der Waals surface area contributed by atoms with E-state index in [1.54, 1.807) is 22.9 Å². The smallest absolute Gasteiger partial charge is 0.183 e. The zero-order valence-corrected chi connectivity index (χ0v) is 11.4. The van der Waals surface area contributed by atoms with Crippen LogP contribution in [-0.4, -0.2) is 10.4 Å². The Balaban J connectivity index is 2.34. The maximum atomic E-state index is 12.4. The molecule has 2 aromatic rings. The molecule has 0 fully saturated rings. The number of hydrogen-bond acceptors (Lipinski definition) is 2. The van der Waals surface area contributed by atoms with Crippen LogP contribution in [0.5, 0.6) is 0 Å². The number of carbonyl (C=O) groups excluding carboxylic acids is 1. The van der Waals surface area contributed by atoms with Crippen molar-refractivity contribution in [3.8, 4) is 6.07 Å². The zero-order valence-electron chi connectivity index (χ0n) is 11.4. The van der Waals surface area contributed by atoms with Crippen LogP contribution < -0.4 is 0 Å². The van der Waals surface area contributed by atoms with Crippen LogP contribution in [0.2, 0.25) is 0 Å². The standard InChI is InChI=1S/C16H16N2O/c1-11-7-12(2)16(13(3)8-11)15(19)10-18-6-4-5-14(18)9-17/h4-8H,10H2,1-3H3. The van der Waals surface area contributed by atoms with E-state index in [9.17, 15) is 4.79 Å². The number of rotatable bonds is 3. The zero-order chi connectivity index (χ0) is 14.0. The third-order valence-corrected chi connectivity index (χ3v) is 3.21. The Bertz CT molecular complexity index is 651. The summed E-state index contributed by atoms with van der Waals surface area (Å²) in [7, 11) is 0. The number of benzene rings is 1. The molecular weight excluding hydrogens is 236 g/mol. The van der Waals surface area contributed by atoms with E-state index >= 15 is 0 Å². The second-order valence-electron chi connectivity index (χ2n) is 4.83. The third-order valence-electron chi connectivity index (χ3n) is 3.21. The van der Waals surface area contributed by atoms with Gasteiger partial charge in [-0.15, -0.1) is 0 Å². The van der Waals surface area contributed by atoms with E-state index in [-0.39, 0.29) is 12.3 Å². The molecule has 0 aliphatic carbocycles. The fourth-order valence-corrected chi connectivity index (χ4v) is 2.51. The summed E-state index contributed by atoms with van der Waals surface area (Å²) in [6.45, 7) is 6.14. The molecule has 1 aromatic carbocycles. The highest BCUT2D eigenvalue weighted by atomic mass is 16.1. The van der Waals surface area contributed by atoms with Gasteiger partial charge in [0.25, 0.3) is 0 Å². The number of aryl methyl sites for hydroxylation is 3. The van der Waals surface area contributed by atoms with Crippen molar-refractivity contribution >= 4 is 5.78 Å². The Labute approximate surface area is 113 Å². The van der Waals surface area contributed by atoms with Gasteiger partial charge in [-0.3, -0.25) is 4.79 Å². The Morgan fingerprint density at radius 3 is 2.47 bits per heavy atom. The second kappa shape index (κ2) is 5.11. The van der Waals surface area contributed by atoms with E-state index in [1.165, 1.54) is 0 Å². The molecule has 0 bridgehead atoms. The molecule has 0 radical (unpaired) electrons. The molecule has 0 saturated heterocycles. The van der Waals surface area contributed by atoms with Crippen LogP contribution in [0.4, 0.5) is 0 Å². The van der Waals surface area contributed by atoms with Crippen molar-refractivity contribution in [1.29, 1.82) is 5.26 Å². The van der Waals surface area contributed by atoms with Gasteiger partial charge < -0.3 is 4.57 Å². The predicted octanol–water partition coefficient (Wildman–Crippen LogP) is 3.17. The molecule has 19 heavy (non-hydrogen) atoms. The van der Waals surface area contributed by atoms with Crippen LogP contribution in [0, 0.1) is 32.1 Å². The SMILES string of the molecule is Cc1cc(C)c(C(=O)Cn2cccc2C#N)c(C)c1. The topological polar surface area (TPSA) is 45.8 Å². The Morgan fingerprint density at radius 2 is 1.89 bits per heavy atom. The Hall–Kier alpha value is -2.34. The maximum absolute atomic E-state index is 12.4. The first-order valence-electron chi connectivity index (χ1n) is 6.19. The van der Waals surface area contributed by atoms with Gasteiger partial charge in [-0.05, 0) is 44.0 Å². The van der Waals surface area contributed by atoms with E-state index in [0.717, 1.165) is 22.3 Å². The monoisotopic (exact) mass is 252 g/mol. The van der Waals surface area contributed by atoms with Crippen molar-refractivity contribution < 1.29 is 4.79 Å². The summed E-state index contributed by atoms with van der Waals surface area (Å²) in [5, 5.41) is 8.95. The minimum Gasteiger partial charge on any atom is -0.332 e. The van der Waals surface area contributed by atoms with Crippen molar-refractivity contribution in [3.63, 3.8) is 0 Å². The molecule has 0 amide bonds. The molecule has 0 atom stereocenters. The maximum Gasteiger partial charge on any atom is 0.183 e. The lowest BCUT2D eigenvalue weighted by Gasteiger charge is -2.11. The summed E-state index contributed by atoms with van der Waals surface area (Å²) in [4.78, 5) is 12.4. The number of carbonyl (C=O) groups is 1. The van der Waals surface area contributed by atoms with Crippen LogP contribution in [0.25, 0.3) is 0 Å². The van der Waals surface area contributed by atoms with Crippen molar-refractivity contribution in [2.75, 3.05) is 0 Å². The summed E-state index contributed by atoms with van der Waals surface area (Å²) >= 11 is 0. The molecule has 0 aliphatic rings. The van der Waals surface area contributed by atoms with Gasteiger partial charge in [0.15, 0.2) is 5.78 Å². The summed E-state index contributed by atoms with van der Waals surface area (Å²) < 4.78 is 1.68. The van der Waals surface area contributed by atoms with Gasteiger partial charge in [-0.2, -0.15) is 5.26 Å². The first-order chi connectivity index (χ1) is 9.02. The van der Waals surface area contributed by atoms with E-state index < -0.39 is 0 Å². The summed E-state index contributed by atoms with van der Waals surface area (Å²) in [5.41, 5.74) is 4.42. The Kier molecular flexibility index (Phi) is 3.52. The van der Waals surface area contributed by atoms with Gasteiger partial charge in [0.1, 0.15) is 11.8 Å². The number of Topliss-reactive ketones (excluding diaryl/α,β-unsaturated/α-hetero) is 1. The van der Waals surface area contributed by atoms with Gasteiger partial charge in [0, 0.05) is 11.8 Å². The molecule has 1 heterocycles. The number of nitrogens with zero attached hydrogens (tertiary/aromatic N) is 2. The second-order valence-corrected chi connectivity index (χ2v) is 4.83. The highest BCUT2D eigenvalue weighted by Crippen LogP contribution is 2.18. The summed E-state index contributed by atoms with van der Waals surface area (Å²) in [5.74, 6) is 0.0442. The molecule has 0 unspecified atom stereocenters. The van der Waals surface area contributed by atoms with Crippen LogP contribution in [0.1, 0.15) is 32.7 Å². The fraction of sp³-hybridized carbons (Fsp3) is 0.250. The van der Waals surface area contributed by atoms with E-state index in [1.807, 2.05) is 32.9 Å². The highest BCUT2D eigenvalue weighted by molar-refractivity contribution is 5.98. The van der Waals surface area contributed by atoms with Crippen LogP contribution in [0.3, 0.4) is 0 Å². The fourth-order valence-electron chi connectivity index (χ4n) is 2.51. The van der Waals surface area contributed by atoms with Crippen LogP contribution in [0.15, 0.2) is 30.5 Å². The normalized spacial score (nSPS) is 10.2. The first kappa shape index (κ1) is 13.1. The van der Waals surface area contributed by atoms with Gasteiger partial charge in [0.05, 0.1) is 6.54 Å². The molecule has 0 aliphatic heterocycles. The third kappa shape index (κ3) is 2.58. The van der Waals surface area contributed by atoms with Gasteiger partial charge >= 0.3 is 0 Å². The average molecular weight is 252 g/mol. The number of aromatic nitrogens is 1. The van der Waals surface area contributed by atoms with Crippen molar-refractivity contribution in [2.24, 2.45) is 0 Å². The average Bonchev–Trinajstić information content (AvgIpc) is 2.74. The van der Waals surface area contributed by atoms with Crippen LogP contribution >= 0.6 is 0 Å². The molecule has 0 N–H and O–H groups in total. The molecule has 1 aromatic heterocycles. The predicted molar refractivity (Wildman–Crippen MR) is 74.1 cm³/mol. The van der Waals surface area contributed by atoms with Crippen molar-refractivity contribution in [3.05, 3.63) is 58.4 Å². The number of ketones is 1. The van der Waals surface area contributed by atoms with Crippen LogP contribution in [-0.2, 0) is 6.54 Å². The van der Waals surface area contributed by atoms with E-state index in [4.69, 9.17) is 5.26 Å². The van der Waals surface area contributed by atoms with Gasteiger partial charge in [0.2, 0.25) is 0 Å². The highest BCUT2D eigenvalue weighted by Gasteiger charge is 2.14. The Morgan fingerprint density at radius 1 is 1.26 bits per heavy atom. The molecule has 0 spiro atoms. The lowest BCUT2D eigenvalue weighted by molar-refractivity contribution is 0.0971. The summed E-state index contributed by atoms with van der Waals surface area (Å²) in [6, 6.07) is 9.60. The lowest BCUT2D eigenvalue weighted by Crippen LogP contribution is -2.13. The molecule has 3 nitrogen and oxygen atoms in total. The van der Waals surface area contributed by atoms with E-state index in [0.29, 0.717) is 5.69 Å². The number of nitriles is 1. The molecular formula is C16H16N2O. The van der Waals surface area contributed by atoms with E-state index in [2.05, 4.69) is 6.07 Å². The molecule has 2 rings (SSSR count). The lowest BCUT2D eigenvalue weighted by atomic mass is 9.96. The van der Waals surface area contributed by atoms with Gasteiger partial charge in [-0.25, -0.2) is 0 Å². The minimum absolute atomic E-state index is 0.0442. The first-order valence-corrected chi connectivity index (χ1v) is 6.19. The largest absolute Gasteiger partial charge is 0.332 e. The van der Waals surface area contributed by atoms with Crippen molar-refractivity contribution in [1.82, 2.24) is 4.57 Å². The van der Waals surface area contributed by atoms with Crippen molar-refractivity contribution in [2.45, 2.75) is 27.3 Å². The quantitative estimate of drug-likeness (QED) is 0.788. The molecule has 96 valence electrons. The minimum atomic E-state index is 0.0442. The number of hydrogen-bond donors (Lipinski definition) is 0.